The molecule has 2 N–H and O–H groups in total. The molecule has 1 aromatic carbocycles. The van der Waals surface area contributed by atoms with E-state index in [1.807, 2.05) is 0 Å². The molecule has 0 aromatic heterocycles. The van der Waals surface area contributed by atoms with Crippen molar-refractivity contribution < 1.29 is 28.5 Å². The fraction of sp³-hybridized carbons (Fsp3) is 0.300. The van der Waals surface area contributed by atoms with E-state index < -0.39 is 29.5 Å². The topological polar surface area (TPSA) is 66.8 Å². The summed E-state index contributed by atoms with van der Waals surface area (Å²) in [5.74, 6) is -4.27. The van der Waals surface area contributed by atoms with Crippen LogP contribution in [0.4, 0.5) is 8.78 Å². The number of aliphatic hydroxyl groups is 1. The van der Waals surface area contributed by atoms with Gasteiger partial charge < -0.3 is 14.9 Å². The first kappa shape index (κ1) is 12.4. The number of esters is 1. The van der Waals surface area contributed by atoms with Crippen LogP contribution in [0.15, 0.2) is 12.1 Å². The summed E-state index contributed by atoms with van der Waals surface area (Å²) in [6.07, 6.45) is -1.78. The quantitative estimate of drug-likeness (QED) is 0.754. The Morgan fingerprint density at radius 2 is 1.94 bits per heavy atom. The van der Waals surface area contributed by atoms with Gasteiger partial charge >= 0.3 is 5.97 Å². The van der Waals surface area contributed by atoms with Crippen molar-refractivity contribution in [3.05, 3.63) is 29.3 Å². The van der Waals surface area contributed by atoms with Gasteiger partial charge in [0.15, 0.2) is 23.5 Å². The molecule has 0 heterocycles. The molecule has 0 bridgehead atoms. The second-order valence-electron chi connectivity index (χ2n) is 3.15. The molecule has 4 nitrogen and oxygen atoms in total. The summed E-state index contributed by atoms with van der Waals surface area (Å²) >= 11 is 0. The Labute approximate surface area is 90.1 Å². The zero-order chi connectivity index (χ0) is 12.3. The number of ether oxygens (including phenoxy) is 1. The Morgan fingerprint density at radius 1 is 1.44 bits per heavy atom. The molecule has 0 aliphatic heterocycles. The van der Waals surface area contributed by atoms with Crippen LogP contribution in [0.3, 0.4) is 0 Å². The molecular weight excluding hydrogens is 222 g/mol. The van der Waals surface area contributed by atoms with Crippen LogP contribution < -0.4 is 0 Å². The number of methoxy groups -OCH3 is 1. The van der Waals surface area contributed by atoms with Crippen molar-refractivity contribution in [1.82, 2.24) is 0 Å². The maximum absolute atomic E-state index is 12.9. The van der Waals surface area contributed by atoms with Crippen molar-refractivity contribution in [2.75, 3.05) is 7.11 Å². The summed E-state index contributed by atoms with van der Waals surface area (Å²) < 4.78 is 30.0. The van der Waals surface area contributed by atoms with Gasteiger partial charge in [-0.15, -0.1) is 0 Å². The Kier molecular flexibility index (Phi) is 3.78. The summed E-state index contributed by atoms with van der Waals surface area (Å²) in [7, 11) is 1.09. The molecule has 0 saturated carbocycles. The van der Waals surface area contributed by atoms with E-state index in [0.717, 1.165) is 19.2 Å². The number of phenols is 1. The minimum atomic E-state index is -1.49. The summed E-state index contributed by atoms with van der Waals surface area (Å²) in [4.78, 5) is 10.8. The lowest BCUT2D eigenvalue weighted by Gasteiger charge is -2.08. The molecular formula is C10H10F2O4. The lowest BCUT2D eigenvalue weighted by atomic mass is 10.1. The average Bonchev–Trinajstić information content (AvgIpc) is 2.24. The van der Waals surface area contributed by atoms with E-state index in [1.165, 1.54) is 0 Å². The van der Waals surface area contributed by atoms with Crippen LogP contribution in [0.1, 0.15) is 5.56 Å². The first-order valence-electron chi connectivity index (χ1n) is 4.38. The highest BCUT2D eigenvalue weighted by Gasteiger charge is 2.18. The molecule has 0 amide bonds. The minimum Gasteiger partial charge on any atom is -0.503 e. The second kappa shape index (κ2) is 4.89. The van der Waals surface area contributed by atoms with Crippen molar-refractivity contribution in [2.45, 2.75) is 12.5 Å². The molecule has 0 aliphatic carbocycles. The van der Waals surface area contributed by atoms with E-state index in [1.54, 1.807) is 0 Å². The molecule has 1 rings (SSSR count). The predicted octanol–water partition coefficient (Wildman–Crippen LogP) is 0.747. The maximum Gasteiger partial charge on any atom is 0.335 e. The van der Waals surface area contributed by atoms with Crippen LogP contribution in [0.5, 0.6) is 5.75 Å². The normalized spacial score (nSPS) is 12.2. The Morgan fingerprint density at radius 3 is 2.38 bits per heavy atom. The summed E-state index contributed by atoms with van der Waals surface area (Å²) in [6, 6.07) is 1.68. The molecule has 0 spiro atoms. The summed E-state index contributed by atoms with van der Waals surface area (Å²) in [5.41, 5.74) is 0.0469. The third-order valence-electron chi connectivity index (χ3n) is 1.98. The summed E-state index contributed by atoms with van der Waals surface area (Å²) in [5, 5.41) is 18.1. The van der Waals surface area contributed by atoms with E-state index in [9.17, 15) is 18.7 Å². The number of aliphatic hydroxyl groups excluding tert-OH is 1. The zero-order valence-corrected chi connectivity index (χ0v) is 8.41. The number of hydrogen-bond donors (Lipinski definition) is 2. The zero-order valence-electron chi connectivity index (χ0n) is 8.41. The van der Waals surface area contributed by atoms with Crippen molar-refractivity contribution in [2.24, 2.45) is 0 Å². The van der Waals surface area contributed by atoms with E-state index in [0.29, 0.717) is 0 Å². The monoisotopic (exact) mass is 232 g/mol. The van der Waals surface area contributed by atoms with Crippen LogP contribution in [0.25, 0.3) is 0 Å². The molecule has 16 heavy (non-hydrogen) atoms. The highest BCUT2D eigenvalue weighted by atomic mass is 19.1. The van der Waals surface area contributed by atoms with E-state index in [-0.39, 0.29) is 12.0 Å². The lowest BCUT2D eigenvalue weighted by molar-refractivity contribution is -0.150. The van der Waals surface area contributed by atoms with Crippen LogP contribution in [-0.4, -0.2) is 29.4 Å². The van der Waals surface area contributed by atoms with Gasteiger partial charge in [0.1, 0.15) is 0 Å². The number of halogens is 2. The minimum absolute atomic E-state index is 0.0469. The van der Waals surface area contributed by atoms with Gasteiger partial charge in [0.2, 0.25) is 0 Å². The number of aromatic hydroxyl groups is 1. The molecule has 6 heteroatoms. The van der Waals surface area contributed by atoms with E-state index >= 15 is 0 Å². The molecule has 88 valence electrons. The lowest BCUT2D eigenvalue weighted by Crippen LogP contribution is -2.24. The maximum atomic E-state index is 12.9. The number of rotatable bonds is 3. The van der Waals surface area contributed by atoms with Gasteiger partial charge in [-0.2, -0.15) is 0 Å². The largest absolute Gasteiger partial charge is 0.503 e. The van der Waals surface area contributed by atoms with Crippen molar-refractivity contribution >= 4 is 5.97 Å². The molecule has 1 aromatic rings. The van der Waals surface area contributed by atoms with E-state index in [4.69, 9.17) is 5.11 Å². The standard InChI is InChI=1S/C10H10F2O4/c1-16-10(15)8(13)4-5-2-6(11)9(14)7(12)3-5/h2-3,8,13-14H,4H2,1H3. The van der Waals surface area contributed by atoms with Crippen LogP contribution in [-0.2, 0) is 16.0 Å². The van der Waals surface area contributed by atoms with Gasteiger partial charge in [-0.1, -0.05) is 0 Å². The predicted molar refractivity (Wildman–Crippen MR) is 49.7 cm³/mol. The van der Waals surface area contributed by atoms with Gasteiger partial charge in [-0.25, -0.2) is 13.6 Å². The van der Waals surface area contributed by atoms with Crippen LogP contribution in [0.2, 0.25) is 0 Å². The molecule has 0 radical (unpaired) electrons. The number of phenolic OH excluding ortho intramolecular Hbond substituents is 1. The third-order valence-corrected chi connectivity index (χ3v) is 1.98. The smallest absolute Gasteiger partial charge is 0.335 e. The molecule has 0 fully saturated rings. The van der Waals surface area contributed by atoms with Crippen LogP contribution >= 0.6 is 0 Å². The summed E-state index contributed by atoms with van der Waals surface area (Å²) in [6.45, 7) is 0. The SMILES string of the molecule is COC(=O)C(O)Cc1cc(F)c(O)c(F)c1. The molecule has 1 atom stereocenters. The van der Waals surface area contributed by atoms with Crippen molar-refractivity contribution in [1.29, 1.82) is 0 Å². The fourth-order valence-corrected chi connectivity index (χ4v) is 1.18. The number of hydrogen-bond acceptors (Lipinski definition) is 4. The Hall–Kier alpha value is -1.69. The Balaban J connectivity index is 2.86. The first-order chi connectivity index (χ1) is 7.45. The molecule has 1 unspecified atom stereocenters. The Bertz CT molecular complexity index is 383. The van der Waals surface area contributed by atoms with Crippen molar-refractivity contribution in [3.63, 3.8) is 0 Å². The van der Waals surface area contributed by atoms with Crippen molar-refractivity contribution in [3.8, 4) is 5.75 Å². The first-order valence-corrected chi connectivity index (χ1v) is 4.38. The van der Waals surface area contributed by atoms with Gasteiger partial charge in [-0.05, 0) is 17.7 Å². The van der Waals surface area contributed by atoms with E-state index in [2.05, 4.69) is 4.74 Å². The number of carbonyl (C=O) groups excluding carboxylic acids is 1. The van der Waals surface area contributed by atoms with Gasteiger partial charge in [0, 0.05) is 6.42 Å². The number of carbonyl (C=O) groups is 1. The molecule has 0 saturated heterocycles. The van der Waals surface area contributed by atoms with Crippen LogP contribution in [0, 0.1) is 11.6 Å². The van der Waals surface area contributed by atoms with Gasteiger partial charge in [0.25, 0.3) is 0 Å². The second-order valence-corrected chi connectivity index (χ2v) is 3.15. The third kappa shape index (κ3) is 2.66. The van der Waals surface area contributed by atoms with Gasteiger partial charge in [0.05, 0.1) is 7.11 Å². The average molecular weight is 232 g/mol. The molecule has 0 aliphatic rings. The number of benzene rings is 1. The van der Waals surface area contributed by atoms with Gasteiger partial charge in [-0.3, -0.25) is 0 Å². The highest BCUT2D eigenvalue weighted by molar-refractivity contribution is 5.74. The fourth-order valence-electron chi connectivity index (χ4n) is 1.18. The highest BCUT2D eigenvalue weighted by Crippen LogP contribution is 2.22.